The largest absolute Gasteiger partial charge is 0.504 e. The van der Waals surface area contributed by atoms with Gasteiger partial charge in [-0.05, 0) is 18.2 Å². The first-order chi connectivity index (χ1) is 9.76. The minimum atomic E-state index is 0. The Morgan fingerprint density at radius 2 is 1.90 bits per heavy atom. The number of benzene rings is 2. The number of nitrogens with one attached hydrogen (secondary N) is 1. The fraction of sp³-hybridized carbons (Fsp3) is 0.0667. The number of fused-ring (bicyclic) bond motifs is 1. The van der Waals surface area contributed by atoms with Crippen LogP contribution in [0.4, 0.5) is 11.6 Å². The number of nitrogens with zero attached hydrogens (tertiary/aromatic N) is 2. The summed E-state index contributed by atoms with van der Waals surface area (Å²) in [6, 6.07) is 13.0. The lowest BCUT2D eigenvalue weighted by Gasteiger charge is -2.07. The lowest BCUT2D eigenvalue weighted by Crippen LogP contribution is -1.97. The molecule has 0 bridgehead atoms. The van der Waals surface area contributed by atoms with Crippen molar-refractivity contribution in [1.29, 1.82) is 0 Å². The lowest BCUT2D eigenvalue weighted by molar-refractivity contribution is 0.374. The van der Waals surface area contributed by atoms with Crippen molar-refractivity contribution in [3.8, 4) is 11.5 Å². The van der Waals surface area contributed by atoms with Crippen molar-refractivity contribution in [1.82, 2.24) is 9.97 Å². The zero-order chi connectivity index (χ0) is 13.9. The molecule has 3 aromatic rings. The Hall–Kier alpha value is -2.53. The number of ether oxygens (including phenoxy) is 1. The maximum atomic E-state index is 9.72. The van der Waals surface area contributed by atoms with Gasteiger partial charge in [0.2, 0.25) is 5.95 Å². The Morgan fingerprint density at radius 1 is 1.14 bits per heavy atom. The monoisotopic (exact) mass is 303 g/mol. The fourth-order valence-corrected chi connectivity index (χ4v) is 1.92. The molecule has 1 aromatic heterocycles. The van der Waals surface area contributed by atoms with Crippen LogP contribution in [0.2, 0.25) is 0 Å². The lowest BCUT2D eigenvalue weighted by atomic mass is 10.2. The molecule has 0 saturated carbocycles. The SMILES string of the molecule is COc1cc2nc(Nc3ccccc3)ncc2cc1O.Cl. The second-order valence-corrected chi connectivity index (χ2v) is 4.27. The van der Waals surface area contributed by atoms with Gasteiger partial charge in [-0.25, -0.2) is 9.97 Å². The molecule has 0 spiro atoms. The Morgan fingerprint density at radius 3 is 2.62 bits per heavy atom. The van der Waals surface area contributed by atoms with E-state index in [9.17, 15) is 5.11 Å². The third-order valence-corrected chi connectivity index (χ3v) is 2.91. The van der Waals surface area contributed by atoms with Crippen LogP contribution in [0, 0.1) is 0 Å². The summed E-state index contributed by atoms with van der Waals surface area (Å²) in [6.07, 6.45) is 1.66. The van der Waals surface area contributed by atoms with Crippen LogP contribution in [0.3, 0.4) is 0 Å². The van der Waals surface area contributed by atoms with E-state index in [2.05, 4.69) is 15.3 Å². The van der Waals surface area contributed by atoms with E-state index in [0.717, 1.165) is 11.1 Å². The van der Waals surface area contributed by atoms with Gasteiger partial charge in [-0.3, -0.25) is 0 Å². The number of rotatable bonds is 3. The number of methoxy groups -OCH3 is 1. The number of aromatic nitrogens is 2. The number of phenolic OH excluding ortho intramolecular Hbond substituents is 1. The number of phenols is 1. The van der Waals surface area contributed by atoms with Crippen LogP contribution in [-0.4, -0.2) is 22.2 Å². The maximum Gasteiger partial charge on any atom is 0.227 e. The molecule has 5 nitrogen and oxygen atoms in total. The van der Waals surface area contributed by atoms with Crippen molar-refractivity contribution < 1.29 is 9.84 Å². The fourth-order valence-electron chi connectivity index (χ4n) is 1.92. The van der Waals surface area contributed by atoms with E-state index in [1.807, 2.05) is 30.3 Å². The molecule has 0 aliphatic carbocycles. The second-order valence-electron chi connectivity index (χ2n) is 4.27. The third-order valence-electron chi connectivity index (χ3n) is 2.91. The summed E-state index contributed by atoms with van der Waals surface area (Å²) in [5.41, 5.74) is 1.62. The minimum Gasteiger partial charge on any atom is -0.504 e. The number of hydrogen-bond donors (Lipinski definition) is 2. The van der Waals surface area contributed by atoms with Gasteiger partial charge in [-0.2, -0.15) is 0 Å². The highest BCUT2D eigenvalue weighted by Crippen LogP contribution is 2.30. The van der Waals surface area contributed by atoms with Crippen LogP contribution in [0.15, 0.2) is 48.7 Å². The normalized spacial score (nSPS) is 9.95. The molecule has 0 radical (unpaired) electrons. The highest BCUT2D eigenvalue weighted by molar-refractivity contribution is 5.85. The number of para-hydroxylation sites is 1. The van der Waals surface area contributed by atoms with Gasteiger partial charge < -0.3 is 15.2 Å². The van der Waals surface area contributed by atoms with Crippen molar-refractivity contribution in [3.05, 3.63) is 48.7 Å². The van der Waals surface area contributed by atoms with E-state index >= 15 is 0 Å². The first-order valence-corrected chi connectivity index (χ1v) is 6.12. The molecule has 0 fully saturated rings. The Balaban J connectivity index is 0.00000161. The highest BCUT2D eigenvalue weighted by Gasteiger charge is 2.06. The van der Waals surface area contributed by atoms with E-state index in [1.54, 1.807) is 18.3 Å². The van der Waals surface area contributed by atoms with Gasteiger partial charge in [0.1, 0.15) is 0 Å². The summed E-state index contributed by atoms with van der Waals surface area (Å²) in [5.74, 6) is 0.964. The van der Waals surface area contributed by atoms with Crippen molar-refractivity contribution in [2.24, 2.45) is 0 Å². The first-order valence-electron chi connectivity index (χ1n) is 6.12. The summed E-state index contributed by atoms with van der Waals surface area (Å²) < 4.78 is 5.08. The van der Waals surface area contributed by atoms with Crippen LogP contribution in [0.1, 0.15) is 0 Å². The van der Waals surface area contributed by atoms with Crippen LogP contribution in [0.25, 0.3) is 10.9 Å². The second kappa shape index (κ2) is 6.28. The van der Waals surface area contributed by atoms with Crippen LogP contribution < -0.4 is 10.1 Å². The van der Waals surface area contributed by atoms with E-state index < -0.39 is 0 Å². The van der Waals surface area contributed by atoms with Crippen molar-refractivity contribution in [2.75, 3.05) is 12.4 Å². The summed E-state index contributed by atoms with van der Waals surface area (Å²) in [5, 5.41) is 13.6. The van der Waals surface area contributed by atoms with Gasteiger partial charge in [0.25, 0.3) is 0 Å². The van der Waals surface area contributed by atoms with Gasteiger partial charge >= 0.3 is 0 Å². The maximum absolute atomic E-state index is 9.72. The smallest absolute Gasteiger partial charge is 0.227 e. The Labute approximate surface area is 128 Å². The van der Waals surface area contributed by atoms with Crippen LogP contribution in [0.5, 0.6) is 11.5 Å². The summed E-state index contributed by atoms with van der Waals surface area (Å²) >= 11 is 0. The molecule has 108 valence electrons. The third kappa shape index (κ3) is 3.14. The molecule has 2 N–H and O–H groups in total. The molecule has 6 heteroatoms. The molecule has 0 atom stereocenters. The average Bonchev–Trinajstić information content (AvgIpc) is 2.48. The predicted octanol–water partition coefficient (Wildman–Crippen LogP) is 3.51. The molecule has 0 aliphatic heterocycles. The number of halogens is 1. The van der Waals surface area contributed by atoms with Gasteiger partial charge in [0, 0.05) is 23.3 Å². The van der Waals surface area contributed by atoms with Gasteiger partial charge in [0.15, 0.2) is 11.5 Å². The van der Waals surface area contributed by atoms with Gasteiger partial charge in [-0.15, -0.1) is 12.4 Å². The average molecular weight is 304 g/mol. The molecule has 2 aromatic carbocycles. The van der Waals surface area contributed by atoms with Crippen molar-refractivity contribution in [2.45, 2.75) is 0 Å². The van der Waals surface area contributed by atoms with E-state index in [1.165, 1.54) is 7.11 Å². The molecule has 3 rings (SSSR count). The minimum absolute atomic E-state index is 0. The Bertz CT molecular complexity index is 750. The van der Waals surface area contributed by atoms with Crippen LogP contribution in [-0.2, 0) is 0 Å². The zero-order valence-electron chi connectivity index (χ0n) is 11.3. The molecular formula is C15H14ClN3O2. The molecule has 0 aliphatic rings. The topological polar surface area (TPSA) is 67.3 Å². The highest BCUT2D eigenvalue weighted by atomic mass is 35.5. The molecule has 0 amide bonds. The van der Waals surface area contributed by atoms with E-state index in [-0.39, 0.29) is 18.2 Å². The van der Waals surface area contributed by atoms with Crippen molar-refractivity contribution >= 4 is 34.9 Å². The zero-order valence-corrected chi connectivity index (χ0v) is 12.1. The van der Waals surface area contributed by atoms with Crippen LogP contribution >= 0.6 is 12.4 Å². The molecule has 1 heterocycles. The molecule has 0 unspecified atom stereocenters. The van der Waals surface area contributed by atoms with Crippen molar-refractivity contribution in [3.63, 3.8) is 0 Å². The standard InChI is InChI=1S/C15H13N3O2.ClH/c1-20-14-8-12-10(7-13(14)19)9-16-15(18-12)17-11-5-3-2-4-6-11;/h2-9,19H,1H3,(H,16,17,18);1H. The van der Waals surface area contributed by atoms with Gasteiger partial charge in [-0.1, -0.05) is 18.2 Å². The molecular weight excluding hydrogens is 290 g/mol. The van der Waals surface area contributed by atoms with E-state index in [0.29, 0.717) is 17.2 Å². The Kier molecular flexibility index (Phi) is 4.45. The number of anilines is 2. The predicted molar refractivity (Wildman–Crippen MR) is 84.7 cm³/mol. The number of aromatic hydroxyl groups is 1. The quantitative estimate of drug-likeness (QED) is 0.775. The molecule has 0 saturated heterocycles. The van der Waals surface area contributed by atoms with Gasteiger partial charge in [0.05, 0.1) is 12.6 Å². The number of hydrogen-bond acceptors (Lipinski definition) is 5. The summed E-state index contributed by atoms with van der Waals surface area (Å²) in [6.45, 7) is 0. The summed E-state index contributed by atoms with van der Waals surface area (Å²) in [7, 11) is 1.51. The first kappa shape index (κ1) is 14.9. The molecule has 21 heavy (non-hydrogen) atoms. The van der Waals surface area contributed by atoms with E-state index in [4.69, 9.17) is 4.74 Å². The summed E-state index contributed by atoms with van der Waals surface area (Å²) in [4.78, 5) is 8.63.